The summed E-state index contributed by atoms with van der Waals surface area (Å²) >= 11 is 0. The van der Waals surface area contributed by atoms with E-state index in [9.17, 15) is 9.59 Å². The average Bonchev–Trinajstić information content (AvgIpc) is 3.19. The van der Waals surface area contributed by atoms with Gasteiger partial charge in [-0.3, -0.25) is 9.59 Å². The van der Waals surface area contributed by atoms with Crippen molar-refractivity contribution in [1.82, 2.24) is 4.90 Å². The molecule has 5 heteroatoms. The van der Waals surface area contributed by atoms with Crippen LogP contribution in [0.2, 0.25) is 0 Å². The molecule has 2 atom stereocenters. The summed E-state index contributed by atoms with van der Waals surface area (Å²) in [5.74, 6) is -2.07. The normalized spacial score (nSPS) is 20.9. The molecule has 1 amide bonds. The Bertz CT molecular complexity index is 460. The van der Waals surface area contributed by atoms with Crippen LogP contribution in [-0.2, 0) is 16.1 Å². The summed E-state index contributed by atoms with van der Waals surface area (Å²) in [6.45, 7) is 0.517. The predicted octanol–water partition coefficient (Wildman–Crippen LogP) is 0.728. The summed E-state index contributed by atoms with van der Waals surface area (Å²) in [6, 6.07) is 9.46. The van der Waals surface area contributed by atoms with Gasteiger partial charge in [0.25, 0.3) is 0 Å². The molecule has 0 bridgehead atoms. The molecule has 2 N–H and O–H groups in total. The van der Waals surface area contributed by atoms with Crippen LogP contribution in [0, 0.1) is 11.8 Å². The highest BCUT2D eigenvalue weighted by Crippen LogP contribution is 2.40. The number of rotatable bonds is 6. The van der Waals surface area contributed by atoms with E-state index in [2.05, 4.69) is 0 Å². The summed E-state index contributed by atoms with van der Waals surface area (Å²) in [7, 11) is 0. The number of carboxylic acid groups (broad SMARTS) is 1. The van der Waals surface area contributed by atoms with Crippen molar-refractivity contribution in [2.75, 3.05) is 13.2 Å². The quantitative estimate of drug-likeness (QED) is 0.793. The fraction of sp³-hybridized carbons (Fsp3) is 0.429. The van der Waals surface area contributed by atoms with Gasteiger partial charge in [-0.1, -0.05) is 30.3 Å². The first-order chi connectivity index (χ1) is 9.13. The molecule has 1 aromatic carbocycles. The molecule has 1 aromatic rings. The second-order valence-electron chi connectivity index (χ2n) is 4.76. The Labute approximate surface area is 111 Å². The molecule has 5 nitrogen and oxygen atoms in total. The SMILES string of the molecule is O=C(O)C1CC1C(=O)N(CCO)Cc1ccccc1. The topological polar surface area (TPSA) is 77.8 Å². The third kappa shape index (κ3) is 3.32. The molecule has 0 aliphatic heterocycles. The van der Waals surface area contributed by atoms with Gasteiger partial charge in [0.15, 0.2) is 0 Å². The lowest BCUT2D eigenvalue weighted by Crippen LogP contribution is -2.35. The first kappa shape index (κ1) is 13.5. The van der Waals surface area contributed by atoms with Crippen LogP contribution in [0.4, 0.5) is 0 Å². The smallest absolute Gasteiger partial charge is 0.307 e. The average molecular weight is 263 g/mol. The highest BCUT2D eigenvalue weighted by Gasteiger charge is 2.49. The van der Waals surface area contributed by atoms with Gasteiger partial charge < -0.3 is 15.1 Å². The number of benzene rings is 1. The molecule has 2 unspecified atom stereocenters. The Morgan fingerprint density at radius 2 is 1.89 bits per heavy atom. The van der Waals surface area contributed by atoms with Crippen molar-refractivity contribution in [1.29, 1.82) is 0 Å². The zero-order valence-electron chi connectivity index (χ0n) is 10.5. The van der Waals surface area contributed by atoms with Crippen molar-refractivity contribution in [3.63, 3.8) is 0 Å². The number of aliphatic hydroxyl groups excluding tert-OH is 1. The molecule has 0 spiro atoms. The van der Waals surface area contributed by atoms with Gasteiger partial charge in [0.2, 0.25) is 5.91 Å². The summed E-state index contributed by atoms with van der Waals surface area (Å²) in [4.78, 5) is 24.5. The van der Waals surface area contributed by atoms with Crippen LogP contribution in [0.1, 0.15) is 12.0 Å². The van der Waals surface area contributed by atoms with Crippen molar-refractivity contribution in [3.05, 3.63) is 35.9 Å². The van der Waals surface area contributed by atoms with Crippen molar-refractivity contribution in [2.24, 2.45) is 11.8 Å². The number of carbonyl (C=O) groups excluding carboxylic acids is 1. The van der Waals surface area contributed by atoms with E-state index in [0.29, 0.717) is 13.0 Å². The molecule has 19 heavy (non-hydrogen) atoms. The van der Waals surface area contributed by atoms with Crippen LogP contribution in [0.25, 0.3) is 0 Å². The lowest BCUT2D eigenvalue weighted by Gasteiger charge is -2.22. The van der Waals surface area contributed by atoms with Crippen LogP contribution < -0.4 is 0 Å². The first-order valence-electron chi connectivity index (χ1n) is 6.30. The van der Waals surface area contributed by atoms with Gasteiger partial charge in [-0.15, -0.1) is 0 Å². The minimum atomic E-state index is -0.915. The van der Waals surface area contributed by atoms with Gasteiger partial charge in [0.05, 0.1) is 18.4 Å². The fourth-order valence-corrected chi connectivity index (χ4v) is 2.17. The minimum absolute atomic E-state index is 0.122. The molecule has 2 rings (SSSR count). The van der Waals surface area contributed by atoms with E-state index in [4.69, 9.17) is 10.2 Å². The van der Waals surface area contributed by atoms with Crippen LogP contribution >= 0.6 is 0 Å². The molecule has 0 saturated heterocycles. The van der Waals surface area contributed by atoms with E-state index < -0.39 is 17.8 Å². The number of aliphatic carboxylic acids is 1. The van der Waals surface area contributed by atoms with Crippen LogP contribution in [0.3, 0.4) is 0 Å². The molecule has 1 aliphatic carbocycles. The van der Waals surface area contributed by atoms with Crippen molar-refractivity contribution >= 4 is 11.9 Å². The number of carboxylic acids is 1. The number of carbonyl (C=O) groups is 2. The van der Waals surface area contributed by atoms with Crippen molar-refractivity contribution in [3.8, 4) is 0 Å². The van der Waals surface area contributed by atoms with Gasteiger partial charge in [-0.05, 0) is 12.0 Å². The Kier molecular flexibility index (Phi) is 4.16. The van der Waals surface area contributed by atoms with Crippen molar-refractivity contribution in [2.45, 2.75) is 13.0 Å². The van der Waals surface area contributed by atoms with E-state index in [1.165, 1.54) is 4.90 Å². The molecular formula is C14H17NO4. The van der Waals surface area contributed by atoms with Crippen LogP contribution in [0.5, 0.6) is 0 Å². The maximum absolute atomic E-state index is 12.2. The molecule has 1 aliphatic rings. The van der Waals surface area contributed by atoms with E-state index in [-0.39, 0.29) is 19.1 Å². The molecule has 0 heterocycles. The third-order valence-electron chi connectivity index (χ3n) is 3.32. The fourth-order valence-electron chi connectivity index (χ4n) is 2.17. The predicted molar refractivity (Wildman–Crippen MR) is 68.2 cm³/mol. The van der Waals surface area contributed by atoms with Crippen LogP contribution in [0.15, 0.2) is 30.3 Å². The summed E-state index contributed by atoms with van der Waals surface area (Å²) < 4.78 is 0. The minimum Gasteiger partial charge on any atom is -0.481 e. The highest BCUT2D eigenvalue weighted by atomic mass is 16.4. The summed E-state index contributed by atoms with van der Waals surface area (Å²) in [6.07, 6.45) is 0.408. The Morgan fingerprint density at radius 3 is 2.42 bits per heavy atom. The summed E-state index contributed by atoms with van der Waals surface area (Å²) in [5, 5.41) is 17.9. The number of aliphatic hydroxyl groups is 1. The zero-order valence-corrected chi connectivity index (χ0v) is 10.5. The highest BCUT2D eigenvalue weighted by molar-refractivity contribution is 5.89. The Morgan fingerprint density at radius 1 is 1.21 bits per heavy atom. The van der Waals surface area contributed by atoms with Gasteiger partial charge >= 0.3 is 5.97 Å². The number of nitrogens with zero attached hydrogens (tertiary/aromatic N) is 1. The molecule has 0 radical (unpaired) electrons. The largest absolute Gasteiger partial charge is 0.481 e. The maximum atomic E-state index is 12.2. The van der Waals surface area contributed by atoms with Crippen LogP contribution in [-0.4, -0.2) is 40.1 Å². The monoisotopic (exact) mass is 263 g/mol. The van der Waals surface area contributed by atoms with Gasteiger partial charge in [-0.25, -0.2) is 0 Å². The standard InChI is InChI=1S/C14H17NO4/c16-7-6-15(9-10-4-2-1-3-5-10)13(17)11-8-12(11)14(18)19/h1-5,11-12,16H,6-9H2,(H,18,19). The van der Waals surface area contributed by atoms with E-state index in [0.717, 1.165) is 5.56 Å². The van der Waals surface area contributed by atoms with E-state index in [1.807, 2.05) is 30.3 Å². The second kappa shape index (κ2) is 5.84. The zero-order chi connectivity index (χ0) is 13.8. The number of amides is 1. The van der Waals surface area contributed by atoms with Gasteiger partial charge in [-0.2, -0.15) is 0 Å². The van der Waals surface area contributed by atoms with Gasteiger partial charge in [0, 0.05) is 13.1 Å². The first-order valence-corrected chi connectivity index (χ1v) is 6.30. The molecular weight excluding hydrogens is 246 g/mol. The third-order valence-corrected chi connectivity index (χ3v) is 3.32. The summed E-state index contributed by atoms with van der Waals surface area (Å²) in [5.41, 5.74) is 0.969. The Balaban J connectivity index is 2.00. The molecule has 0 aromatic heterocycles. The molecule has 102 valence electrons. The van der Waals surface area contributed by atoms with Crippen molar-refractivity contribution < 1.29 is 19.8 Å². The second-order valence-corrected chi connectivity index (χ2v) is 4.76. The lowest BCUT2D eigenvalue weighted by molar-refractivity contribution is -0.142. The van der Waals surface area contributed by atoms with Gasteiger partial charge in [0.1, 0.15) is 0 Å². The van der Waals surface area contributed by atoms with E-state index >= 15 is 0 Å². The number of hydrogen-bond donors (Lipinski definition) is 2. The van der Waals surface area contributed by atoms with E-state index in [1.54, 1.807) is 0 Å². The molecule has 1 fully saturated rings. The number of hydrogen-bond acceptors (Lipinski definition) is 3. The lowest BCUT2D eigenvalue weighted by atomic mass is 10.2. The molecule has 1 saturated carbocycles. The maximum Gasteiger partial charge on any atom is 0.307 e. The Hall–Kier alpha value is -1.88.